The van der Waals surface area contributed by atoms with Crippen molar-refractivity contribution in [2.45, 2.75) is 67.4 Å². The standard InChI is InChI=1S/C30H42O2/c1-23(12-8-9-13-24(2)15-11-17-26(4)22-31)14-10-16-25(3)18-19-29-27(5)20-28(32)21-30(29,6)7/h8-19,28,31-32H,20-22H2,1-7H3/b9-8-,14-10-,15-11+,19-18+,23-12-,24-13-,25-16+,26-17+/t28-/m1/s1. The van der Waals surface area contributed by atoms with Crippen LogP contribution in [0.1, 0.15) is 61.3 Å². The van der Waals surface area contributed by atoms with Crippen LogP contribution in [0.2, 0.25) is 0 Å². The minimum Gasteiger partial charge on any atom is -0.393 e. The van der Waals surface area contributed by atoms with Crippen LogP contribution in [0.3, 0.4) is 0 Å². The summed E-state index contributed by atoms with van der Waals surface area (Å²) in [6.07, 6.45) is 26.2. The Labute approximate surface area is 196 Å². The van der Waals surface area contributed by atoms with Crippen LogP contribution in [-0.4, -0.2) is 22.9 Å². The highest BCUT2D eigenvalue weighted by atomic mass is 16.3. The zero-order chi connectivity index (χ0) is 24.1. The van der Waals surface area contributed by atoms with Crippen molar-refractivity contribution in [3.8, 4) is 0 Å². The van der Waals surface area contributed by atoms with Crippen LogP contribution in [0.15, 0.2) is 106 Å². The monoisotopic (exact) mass is 434 g/mol. The van der Waals surface area contributed by atoms with Gasteiger partial charge in [0.15, 0.2) is 0 Å². The van der Waals surface area contributed by atoms with E-state index in [0.717, 1.165) is 24.0 Å². The van der Waals surface area contributed by atoms with Crippen molar-refractivity contribution in [1.29, 1.82) is 0 Å². The fraction of sp³-hybridized carbons (Fsp3) is 0.400. The highest BCUT2D eigenvalue weighted by molar-refractivity contribution is 5.38. The molecule has 0 radical (unpaired) electrons. The van der Waals surface area contributed by atoms with E-state index < -0.39 is 0 Å². The fourth-order valence-corrected chi connectivity index (χ4v) is 3.74. The molecular formula is C30H42O2. The summed E-state index contributed by atoms with van der Waals surface area (Å²) in [5.74, 6) is 0. The van der Waals surface area contributed by atoms with E-state index in [0.29, 0.717) is 0 Å². The van der Waals surface area contributed by atoms with Crippen LogP contribution in [-0.2, 0) is 0 Å². The first-order valence-corrected chi connectivity index (χ1v) is 11.4. The van der Waals surface area contributed by atoms with Crippen LogP contribution in [0.4, 0.5) is 0 Å². The van der Waals surface area contributed by atoms with Gasteiger partial charge in [-0.25, -0.2) is 0 Å². The number of rotatable bonds is 9. The molecule has 0 saturated heterocycles. The van der Waals surface area contributed by atoms with Gasteiger partial charge in [-0.1, -0.05) is 109 Å². The number of aliphatic hydroxyl groups is 2. The molecule has 1 atom stereocenters. The number of hydrogen-bond donors (Lipinski definition) is 2. The predicted molar refractivity (Wildman–Crippen MR) is 140 cm³/mol. The van der Waals surface area contributed by atoms with Gasteiger partial charge in [-0.2, -0.15) is 0 Å². The predicted octanol–water partition coefficient (Wildman–Crippen LogP) is 7.49. The van der Waals surface area contributed by atoms with E-state index in [1.807, 2.05) is 37.3 Å². The molecule has 2 nitrogen and oxygen atoms in total. The van der Waals surface area contributed by atoms with E-state index in [4.69, 9.17) is 5.11 Å². The van der Waals surface area contributed by atoms with Gasteiger partial charge in [0.1, 0.15) is 0 Å². The minimum atomic E-state index is -0.223. The maximum absolute atomic E-state index is 10.0. The molecule has 2 heteroatoms. The van der Waals surface area contributed by atoms with E-state index in [1.165, 1.54) is 22.3 Å². The maximum atomic E-state index is 10.0. The average Bonchev–Trinajstić information content (AvgIpc) is 2.69. The maximum Gasteiger partial charge on any atom is 0.0642 e. The lowest BCUT2D eigenvalue weighted by atomic mass is 9.71. The largest absolute Gasteiger partial charge is 0.393 e. The SMILES string of the molecule is CC1=C(/C=C/C(C)=C/C=C\C(C)=C/C=C\C=C(C)/C=C/C=C(\C)CO)C(C)(C)C[C@H](O)C1. The number of allylic oxidation sites excluding steroid dienone is 16. The summed E-state index contributed by atoms with van der Waals surface area (Å²) < 4.78 is 0. The second kappa shape index (κ2) is 13.9. The second-order valence-electron chi connectivity index (χ2n) is 9.48. The summed E-state index contributed by atoms with van der Waals surface area (Å²) in [6, 6.07) is 0. The molecule has 174 valence electrons. The van der Waals surface area contributed by atoms with Crippen molar-refractivity contribution in [3.63, 3.8) is 0 Å². The molecule has 0 unspecified atom stereocenters. The van der Waals surface area contributed by atoms with Gasteiger partial charge < -0.3 is 10.2 Å². The molecule has 0 aromatic carbocycles. The Kier molecular flexibility index (Phi) is 12.0. The third-order valence-corrected chi connectivity index (χ3v) is 5.53. The van der Waals surface area contributed by atoms with Crippen molar-refractivity contribution in [3.05, 3.63) is 106 Å². The molecule has 2 N–H and O–H groups in total. The summed E-state index contributed by atoms with van der Waals surface area (Å²) in [7, 11) is 0. The van der Waals surface area contributed by atoms with Gasteiger partial charge >= 0.3 is 0 Å². The van der Waals surface area contributed by atoms with Crippen LogP contribution in [0, 0.1) is 5.41 Å². The molecule has 1 rings (SSSR count). The zero-order valence-corrected chi connectivity index (χ0v) is 21.0. The molecule has 0 amide bonds. The van der Waals surface area contributed by atoms with Gasteiger partial charge in [-0.15, -0.1) is 0 Å². The highest BCUT2D eigenvalue weighted by Gasteiger charge is 2.31. The summed E-state index contributed by atoms with van der Waals surface area (Å²) in [5.41, 5.74) is 7.11. The first-order valence-electron chi connectivity index (χ1n) is 11.4. The van der Waals surface area contributed by atoms with Crippen LogP contribution < -0.4 is 0 Å². The van der Waals surface area contributed by atoms with Crippen molar-refractivity contribution in [2.24, 2.45) is 5.41 Å². The Morgan fingerprint density at radius 1 is 0.844 bits per heavy atom. The third kappa shape index (κ3) is 10.7. The molecule has 0 spiro atoms. The third-order valence-electron chi connectivity index (χ3n) is 5.53. The number of hydrogen-bond acceptors (Lipinski definition) is 2. The van der Waals surface area contributed by atoms with Gasteiger partial charge in [0.05, 0.1) is 12.7 Å². The lowest BCUT2D eigenvalue weighted by molar-refractivity contribution is 0.116. The molecule has 1 aliphatic rings. The first-order chi connectivity index (χ1) is 15.0. The quantitative estimate of drug-likeness (QED) is 0.369. The molecule has 0 aromatic heterocycles. The van der Waals surface area contributed by atoms with Gasteiger partial charge in [0.25, 0.3) is 0 Å². The van der Waals surface area contributed by atoms with Gasteiger partial charge in [-0.3, -0.25) is 0 Å². The van der Waals surface area contributed by atoms with Crippen molar-refractivity contribution < 1.29 is 10.2 Å². The molecule has 0 fully saturated rings. The molecule has 1 aliphatic carbocycles. The molecule has 32 heavy (non-hydrogen) atoms. The Morgan fingerprint density at radius 2 is 1.34 bits per heavy atom. The van der Waals surface area contributed by atoms with Crippen molar-refractivity contribution in [2.75, 3.05) is 6.61 Å². The topological polar surface area (TPSA) is 40.5 Å². The van der Waals surface area contributed by atoms with E-state index in [-0.39, 0.29) is 18.1 Å². The smallest absolute Gasteiger partial charge is 0.0642 e. The van der Waals surface area contributed by atoms with E-state index in [9.17, 15) is 5.11 Å². The summed E-state index contributed by atoms with van der Waals surface area (Å²) in [4.78, 5) is 0. The van der Waals surface area contributed by atoms with Gasteiger partial charge in [-0.05, 0) is 64.0 Å². The highest BCUT2D eigenvalue weighted by Crippen LogP contribution is 2.41. The van der Waals surface area contributed by atoms with Crippen LogP contribution >= 0.6 is 0 Å². The van der Waals surface area contributed by atoms with E-state index in [2.05, 4.69) is 84.1 Å². The summed E-state index contributed by atoms with van der Waals surface area (Å²) in [5, 5.41) is 19.0. The second-order valence-corrected chi connectivity index (χ2v) is 9.48. The zero-order valence-electron chi connectivity index (χ0n) is 21.0. The average molecular weight is 435 g/mol. The van der Waals surface area contributed by atoms with E-state index >= 15 is 0 Å². The normalized spacial score (nSPS) is 21.8. The van der Waals surface area contributed by atoms with E-state index in [1.54, 1.807) is 0 Å². The lowest BCUT2D eigenvalue weighted by Gasteiger charge is -2.35. The van der Waals surface area contributed by atoms with Gasteiger partial charge in [0, 0.05) is 0 Å². The molecule has 0 bridgehead atoms. The molecule has 0 heterocycles. The van der Waals surface area contributed by atoms with Crippen LogP contribution in [0.5, 0.6) is 0 Å². The van der Waals surface area contributed by atoms with Gasteiger partial charge in [0.2, 0.25) is 0 Å². The molecular weight excluding hydrogens is 392 g/mol. The fourth-order valence-electron chi connectivity index (χ4n) is 3.74. The number of aliphatic hydroxyl groups excluding tert-OH is 2. The Bertz CT molecular complexity index is 893. The Hall–Kier alpha value is -2.42. The summed E-state index contributed by atoms with van der Waals surface area (Å²) >= 11 is 0. The molecule has 0 aliphatic heterocycles. The lowest BCUT2D eigenvalue weighted by Crippen LogP contribution is -2.28. The van der Waals surface area contributed by atoms with Crippen LogP contribution in [0.25, 0.3) is 0 Å². The molecule has 0 saturated carbocycles. The van der Waals surface area contributed by atoms with Crippen molar-refractivity contribution >= 4 is 0 Å². The van der Waals surface area contributed by atoms with Crippen molar-refractivity contribution in [1.82, 2.24) is 0 Å². The minimum absolute atomic E-state index is 0.0116. The summed E-state index contributed by atoms with van der Waals surface area (Å²) in [6.45, 7) is 14.8. The first kappa shape index (κ1) is 27.6. The molecule has 0 aromatic rings. The Balaban J connectivity index is 2.67. The Morgan fingerprint density at radius 3 is 1.88 bits per heavy atom.